The Labute approximate surface area is 150 Å². The van der Waals surface area contributed by atoms with Gasteiger partial charge in [0.05, 0.1) is 7.11 Å². The molecule has 1 aliphatic heterocycles. The molecule has 0 saturated carbocycles. The van der Waals surface area contributed by atoms with Gasteiger partial charge in [-0.15, -0.1) is 0 Å². The zero-order valence-electron chi connectivity index (χ0n) is 15.6. The van der Waals surface area contributed by atoms with E-state index in [0.717, 1.165) is 43.7 Å². The van der Waals surface area contributed by atoms with E-state index in [4.69, 9.17) is 4.74 Å². The second kappa shape index (κ2) is 9.44. The highest BCUT2D eigenvalue weighted by Gasteiger charge is 2.23. The Kier molecular flexibility index (Phi) is 7.29. The molecule has 1 saturated heterocycles. The van der Waals surface area contributed by atoms with Gasteiger partial charge in [0.15, 0.2) is 0 Å². The van der Waals surface area contributed by atoms with Crippen LogP contribution in [0.2, 0.25) is 0 Å². The lowest BCUT2D eigenvalue weighted by molar-refractivity contribution is -0.132. The molecule has 0 aliphatic carbocycles. The molecule has 1 heterocycles. The fraction of sp³-hybridized carbons (Fsp3) is 0.600. The molecular formula is C20H30N2O3. The summed E-state index contributed by atoms with van der Waals surface area (Å²) in [5, 5.41) is 3.09. The molecule has 138 valence electrons. The lowest BCUT2D eigenvalue weighted by Gasteiger charge is -2.32. The maximum Gasteiger partial charge on any atom is 0.222 e. The minimum atomic E-state index is 0.123. The highest BCUT2D eigenvalue weighted by atomic mass is 16.5. The Morgan fingerprint density at radius 3 is 2.64 bits per heavy atom. The number of rotatable bonds is 7. The molecule has 1 aromatic carbocycles. The van der Waals surface area contributed by atoms with Gasteiger partial charge >= 0.3 is 0 Å². The van der Waals surface area contributed by atoms with Gasteiger partial charge in [-0.25, -0.2) is 0 Å². The molecule has 0 spiro atoms. The molecule has 1 aromatic rings. The first kappa shape index (κ1) is 19.3. The number of aryl methyl sites for hydroxylation is 1. The van der Waals surface area contributed by atoms with E-state index in [-0.39, 0.29) is 17.9 Å². The number of hydrogen-bond acceptors (Lipinski definition) is 3. The molecule has 0 radical (unpaired) electrons. The van der Waals surface area contributed by atoms with Crippen molar-refractivity contribution in [3.05, 3.63) is 29.8 Å². The van der Waals surface area contributed by atoms with Crippen molar-refractivity contribution in [2.75, 3.05) is 20.2 Å². The minimum absolute atomic E-state index is 0.123. The van der Waals surface area contributed by atoms with Crippen LogP contribution in [0.15, 0.2) is 24.3 Å². The van der Waals surface area contributed by atoms with Crippen LogP contribution in [0.1, 0.15) is 45.1 Å². The van der Waals surface area contributed by atoms with Gasteiger partial charge in [-0.1, -0.05) is 26.0 Å². The summed E-state index contributed by atoms with van der Waals surface area (Å²) in [6.07, 6.45) is 3.49. The number of nitrogens with zero attached hydrogens (tertiary/aromatic N) is 1. The van der Waals surface area contributed by atoms with E-state index in [1.54, 1.807) is 7.11 Å². The molecule has 2 rings (SSSR count). The zero-order chi connectivity index (χ0) is 18.2. The molecule has 1 N–H and O–H groups in total. The molecule has 1 fully saturated rings. The van der Waals surface area contributed by atoms with Crippen LogP contribution in [-0.4, -0.2) is 43.0 Å². The third kappa shape index (κ3) is 6.40. The largest absolute Gasteiger partial charge is 0.497 e. The van der Waals surface area contributed by atoms with Crippen LogP contribution in [-0.2, 0) is 16.0 Å². The summed E-state index contributed by atoms with van der Waals surface area (Å²) in [7, 11) is 1.65. The van der Waals surface area contributed by atoms with Gasteiger partial charge in [0.2, 0.25) is 11.8 Å². The zero-order valence-corrected chi connectivity index (χ0v) is 15.6. The highest BCUT2D eigenvalue weighted by molar-refractivity contribution is 5.77. The Hall–Kier alpha value is -2.04. The molecule has 0 aromatic heterocycles. The second-order valence-electron chi connectivity index (χ2n) is 7.17. The van der Waals surface area contributed by atoms with E-state index in [9.17, 15) is 9.59 Å². The summed E-state index contributed by atoms with van der Waals surface area (Å²) in [6.45, 7) is 5.54. The molecule has 0 unspecified atom stereocenters. The number of benzene rings is 1. The maximum atomic E-state index is 12.4. The van der Waals surface area contributed by atoms with Gasteiger partial charge in [0.25, 0.3) is 0 Å². The third-order valence-corrected chi connectivity index (χ3v) is 4.57. The molecule has 25 heavy (non-hydrogen) atoms. The summed E-state index contributed by atoms with van der Waals surface area (Å²) in [4.78, 5) is 26.2. The van der Waals surface area contributed by atoms with Crippen LogP contribution in [0.25, 0.3) is 0 Å². The predicted octanol–water partition coefficient (Wildman–Crippen LogP) is 2.78. The highest BCUT2D eigenvalue weighted by Crippen LogP contribution is 2.16. The van der Waals surface area contributed by atoms with Gasteiger partial charge in [0, 0.05) is 32.0 Å². The van der Waals surface area contributed by atoms with Gasteiger partial charge in [0.1, 0.15) is 5.75 Å². The third-order valence-electron chi connectivity index (χ3n) is 4.57. The summed E-state index contributed by atoms with van der Waals surface area (Å²) in [6, 6.07) is 8.05. The Morgan fingerprint density at radius 2 is 2.00 bits per heavy atom. The number of likely N-dealkylation sites (tertiary alicyclic amines) is 1. The molecular weight excluding hydrogens is 316 g/mol. The smallest absolute Gasteiger partial charge is 0.222 e. The van der Waals surface area contributed by atoms with E-state index < -0.39 is 0 Å². The van der Waals surface area contributed by atoms with Crippen LogP contribution in [0.3, 0.4) is 0 Å². The van der Waals surface area contributed by atoms with Crippen LogP contribution in [0.5, 0.6) is 5.75 Å². The number of nitrogens with one attached hydrogen (secondary N) is 1. The van der Waals surface area contributed by atoms with Gasteiger partial charge < -0.3 is 15.0 Å². The fourth-order valence-corrected chi connectivity index (χ4v) is 3.17. The normalized spacial score (nSPS) is 15.3. The van der Waals surface area contributed by atoms with Crippen molar-refractivity contribution in [2.24, 2.45) is 5.92 Å². The average Bonchev–Trinajstić information content (AvgIpc) is 2.59. The van der Waals surface area contributed by atoms with Crippen LogP contribution in [0.4, 0.5) is 0 Å². The van der Waals surface area contributed by atoms with Crippen molar-refractivity contribution in [1.82, 2.24) is 10.2 Å². The van der Waals surface area contributed by atoms with E-state index in [1.165, 1.54) is 0 Å². The number of ether oxygens (including phenoxy) is 1. The van der Waals surface area contributed by atoms with Crippen LogP contribution in [0, 0.1) is 5.92 Å². The number of carbonyl (C=O) groups excluding carboxylic acids is 2. The second-order valence-corrected chi connectivity index (χ2v) is 7.17. The van der Waals surface area contributed by atoms with Crippen molar-refractivity contribution in [1.29, 1.82) is 0 Å². The molecule has 5 heteroatoms. The molecule has 2 amide bonds. The van der Waals surface area contributed by atoms with Crippen molar-refractivity contribution < 1.29 is 14.3 Å². The number of hydrogen-bond donors (Lipinski definition) is 1. The summed E-state index contributed by atoms with van der Waals surface area (Å²) >= 11 is 0. The number of methoxy groups -OCH3 is 1. The molecule has 5 nitrogen and oxygen atoms in total. The standard InChI is InChI=1S/C20H30N2O3/c1-15(2)13-19(23)21-17-9-11-22(12-10-17)20(24)8-7-16-5-4-6-18(14-16)25-3/h4-6,14-15,17H,7-13H2,1-3H3,(H,21,23). The number of piperidine rings is 1. The quantitative estimate of drug-likeness (QED) is 0.826. The first-order chi connectivity index (χ1) is 12.0. The van der Waals surface area contributed by atoms with Crippen molar-refractivity contribution >= 4 is 11.8 Å². The van der Waals surface area contributed by atoms with Crippen molar-refractivity contribution in [3.8, 4) is 5.75 Å². The first-order valence-corrected chi connectivity index (χ1v) is 9.18. The van der Waals surface area contributed by atoms with Crippen LogP contribution >= 0.6 is 0 Å². The Balaban J connectivity index is 1.72. The minimum Gasteiger partial charge on any atom is -0.497 e. The van der Waals surface area contributed by atoms with Crippen molar-refractivity contribution in [3.63, 3.8) is 0 Å². The lowest BCUT2D eigenvalue weighted by atomic mass is 10.0. The molecule has 0 atom stereocenters. The summed E-state index contributed by atoms with van der Waals surface area (Å²) in [5.74, 6) is 1.51. The maximum absolute atomic E-state index is 12.4. The molecule has 1 aliphatic rings. The topological polar surface area (TPSA) is 58.6 Å². The predicted molar refractivity (Wildman–Crippen MR) is 98.5 cm³/mol. The van der Waals surface area contributed by atoms with Crippen molar-refractivity contribution in [2.45, 2.75) is 52.0 Å². The lowest BCUT2D eigenvalue weighted by Crippen LogP contribution is -2.46. The van der Waals surface area contributed by atoms with E-state index in [0.29, 0.717) is 18.8 Å². The summed E-state index contributed by atoms with van der Waals surface area (Å²) in [5.41, 5.74) is 1.11. The van der Waals surface area contributed by atoms with Gasteiger partial charge in [-0.05, 0) is 42.9 Å². The Bertz CT molecular complexity index is 578. The van der Waals surface area contributed by atoms with Gasteiger partial charge in [-0.2, -0.15) is 0 Å². The fourth-order valence-electron chi connectivity index (χ4n) is 3.17. The number of amides is 2. The first-order valence-electron chi connectivity index (χ1n) is 9.18. The monoisotopic (exact) mass is 346 g/mol. The van der Waals surface area contributed by atoms with Gasteiger partial charge in [-0.3, -0.25) is 9.59 Å². The average molecular weight is 346 g/mol. The number of carbonyl (C=O) groups is 2. The summed E-state index contributed by atoms with van der Waals surface area (Å²) < 4.78 is 5.22. The van der Waals surface area contributed by atoms with E-state index in [1.807, 2.05) is 43.0 Å². The van der Waals surface area contributed by atoms with E-state index >= 15 is 0 Å². The van der Waals surface area contributed by atoms with E-state index in [2.05, 4.69) is 5.32 Å². The molecule has 0 bridgehead atoms. The van der Waals surface area contributed by atoms with Crippen LogP contribution < -0.4 is 10.1 Å². The SMILES string of the molecule is COc1cccc(CCC(=O)N2CCC(NC(=O)CC(C)C)CC2)c1. The Morgan fingerprint density at radius 1 is 1.28 bits per heavy atom.